The summed E-state index contributed by atoms with van der Waals surface area (Å²) in [6, 6.07) is 6.14. The minimum absolute atomic E-state index is 0.123. The summed E-state index contributed by atoms with van der Waals surface area (Å²) in [7, 11) is 0. The second kappa shape index (κ2) is 7.75. The Morgan fingerprint density at radius 1 is 1.20 bits per heavy atom. The van der Waals surface area contributed by atoms with E-state index in [1.807, 2.05) is 0 Å². The summed E-state index contributed by atoms with van der Waals surface area (Å²) in [6.45, 7) is 0.239. The third-order valence-corrected chi connectivity index (χ3v) is 5.81. The van der Waals surface area contributed by atoms with E-state index in [0.29, 0.717) is 17.7 Å². The number of hydrogen-bond donors (Lipinski definition) is 1. The SMILES string of the molecule is O=C(c1nnc(-c2cccnc2)o1)N1CCc2[nH]cnc2C1c1cc2c(C(F)(F)F)cccn2n1. The molecule has 1 unspecified atom stereocenters. The first kappa shape index (κ1) is 21.0. The molecule has 35 heavy (non-hydrogen) atoms. The van der Waals surface area contributed by atoms with Gasteiger partial charge in [0.25, 0.3) is 0 Å². The number of nitrogens with one attached hydrogen (secondary N) is 1. The van der Waals surface area contributed by atoms with Crippen molar-refractivity contribution < 1.29 is 22.4 Å². The molecule has 176 valence electrons. The number of fused-ring (bicyclic) bond motifs is 2. The number of alkyl halides is 3. The Morgan fingerprint density at radius 2 is 2.09 bits per heavy atom. The molecular weight excluding hydrogens is 465 g/mol. The van der Waals surface area contributed by atoms with Crippen molar-refractivity contribution >= 4 is 11.4 Å². The van der Waals surface area contributed by atoms with E-state index in [9.17, 15) is 18.0 Å². The summed E-state index contributed by atoms with van der Waals surface area (Å²) < 4.78 is 47.5. The maximum absolute atomic E-state index is 13.6. The van der Waals surface area contributed by atoms with Gasteiger partial charge in [-0.25, -0.2) is 9.50 Å². The van der Waals surface area contributed by atoms with Crippen molar-refractivity contribution in [1.29, 1.82) is 0 Å². The molecule has 0 spiro atoms. The third kappa shape index (κ3) is 3.52. The molecule has 13 heteroatoms. The molecule has 0 saturated heterocycles. The highest BCUT2D eigenvalue weighted by molar-refractivity contribution is 5.90. The van der Waals surface area contributed by atoms with Crippen LogP contribution < -0.4 is 0 Å². The Kier molecular flexibility index (Phi) is 4.65. The molecule has 10 nitrogen and oxygen atoms in total. The number of carbonyl (C=O) groups is 1. The highest BCUT2D eigenvalue weighted by Crippen LogP contribution is 2.37. The van der Waals surface area contributed by atoms with Crippen LogP contribution in [0.4, 0.5) is 13.2 Å². The number of imidazole rings is 1. The molecule has 6 rings (SSSR count). The molecule has 1 aliphatic heterocycles. The van der Waals surface area contributed by atoms with Crippen LogP contribution in [0.3, 0.4) is 0 Å². The van der Waals surface area contributed by atoms with E-state index < -0.39 is 23.7 Å². The van der Waals surface area contributed by atoms with Gasteiger partial charge in [0.15, 0.2) is 0 Å². The zero-order chi connectivity index (χ0) is 24.2. The predicted molar refractivity (Wildman–Crippen MR) is 113 cm³/mol. The second-order valence-electron chi connectivity index (χ2n) is 7.89. The summed E-state index contributed by atoms with van der Waals surface area (Å²) in [4.78, 5) is 26.3. The largest absolute Gasteiger partial charge is 0.418 e. The van der Waals surface area contributed by atoms with Gasteiger partial charge in [-0.1, -0.05) is 0 Å². The monoisotopic (exact) mass is 480 g/mol. The Hall–Kier alpha value is -4.55. The van der Waals surface area contributed by atoms with Gasteiger partial charge >= 0.3 is 18.0 Å². The smallest absolute Gasteiger partial charge is 0.412 e. The molecular formula is C22H15F3N8O2. The van der Waals surface area contributed by atoms with Crippen LogP contribution in [0.5, 0.6) is 0 Å². The van der Waals surface area contributed by atoms with Crippen molar-refractivity contribution in [3.8, 4) is 11.5 Å². The Bertz CT molecular complexity index is 1540. The van der Waals surface area contributed by atoms with Crippen molar-refractivity contribution in [2.75, 3.05) is 6.54 Å². The highest BCUT2D eigenvalue weighted by Gasteiger charge is 2.39. The summed E-state index contributed by atoms with van der Waals surface area (Å²) >= 11 is 0. The topological polar surface area (TPSA) is 118 Å². The minimum atomic E-state index is -4.56. The second-order valence-corrected chi connectivity index (χ2v) is 7.89. The number of rotatable bonds is 3. The third-order valence-electron chi connectivity index (χ3n) is 5.81. The van der Waals surface area contributed by atoms with E-state index >= 15 is 0 Å². The molecule has 1 N–H and O–H groups in total. The minimum Gasteiger partial charge on any atom is -0.412 e. The standard InChI is InChI=1S/C22H15F3N8O2/c23-22(24,25)13-4-2-7-33-16(13)9-15(31-33)18-17-14(27-11-28-17)5-8-32(18)21(34)20-30-29-19(35-20)12-3-1-6-26-10-12/h1-4,6-7,9-11,18H,5,8H2,(H,27,28). The first-order valence-electron chi connectivity index (χ1n) is 10.5. The van der Waals surface area contributed by atoms with Gasteiger partial charge in [0.1, 0.15) is 6.04 Å². The van der Waals surface area contributed by atoms with Crippen LogP contribution in [0, 0.1) is 0 Å². The number of aromatic nitrogens is 7. The fourth-order valence-corrected chi connectivity index (χ4v) is 4.24. The summed E-state index contributed by atoms with van der Waals surface area (Å²) in [5, 5.41) is 12.2. The zero-order valence-electron chi connectivity index (χ0n) is 17.8. The molecule has 0 bridgehead atoms. The number of carbonyl (C=O) groups excluding carboxylic acids is 1. The molecule has 5 aromatic rings. The van der Waals surface area contributed by atoms with E-state index in [0.717, 1.165) is 16.3 Å². The van der Waals surface area contributed by atoms with Crippen molar-refractivity contribution in [3.05, 3.63) is 83.8 Å². The zero-order valence-corrected chi connectivity index (χ0v) is 17.8. The lowest BCUT2D eigenvalue weighted by Crippen LogP contribution is -2.41. The van der Waals surface area contributed by atoms with Crippen LogP contribution in [0.2, 0.25) is 0 Å². The number of pyridine rings is 2. The molecule has 0 saturated carbocycles. The van der Waals surface area contributed by atoms with E-state index in [-0.39, 0.29) is 29.5 Å². The lowest BCUT2D eigenvalue weighted by atomic mass is 9.99. The first-order chi connectivity index (χ1) is 16.9. The lowest BCUT2D eigenvalue weighted by Gasteiger charge is -2.32. The first-order valence-corrected chi connectivity index (χ1v) is 10.5. The van der Waals surface area contributed by atoms with Crippen LogP contribution in [0.15, 0.2) is 59.7 Å². The molecule has 1 aliphatic rings. The Balaban J connectivity index is 1.42. The van der Waals surface area contributed by atoms with Crippen molar-refractivity contribution in [1.82, 2.24) is 39.7 Å². The quantitative estimate of drug-likeness (QED) is 0.421. The van der Waals surface area contributed by atoms with Gasteiger partial charge in [0, 0.05) is 37.3 Å². The summed E-state index contributed by atoms with van der Waals surface area (Å²) in [5.74, 6) is -0.718. The predicted octanol–water partition coefficient (Wildman–Crippen LogP) is 3.31. The number of aromatic amines is 1. The molecule has 0 radical (unpaired) electrons. The maximum Gasteiger partial charge on any atom is 0.418 e. The molecule has 0 aromatic carbocycles. The maximum atomic E-state index is 13.6. The Morgan fingerprint density at radius 3 is 2.89 bits per heavy atom. The summed E-state index contributed by atoms with van der Waals surface area (Å²) in [5.41, 5.74) is 1.09. The van der Waals surface area contributed by atoms with E-state index in [2.05, 4.69) is 30.2 Å². The van der Waals surface area contributed by atoms with Crippen molar-refractivity contribution in [2.45, 2.75) is 18.6 Å². The molecule has 1 atom stereocenters. The van der Waals surface area contributed by atoms with Crippen LogP contribution in [-0.2, 0) is 12.6 Å². The average Bonchev–Trinajstić information content (AvgIpc) is 3.61. The number of hydrogen-bond acceptors (Lipinski definition) is 7. The number of nitrogens with zero attached hydrogens (tertiary/aromatic N) is 7. The van der Waals surface area contributed by atoms with E-state index in [1.165, 1.54) is 35.8 Å². The van der Waals surface area contributed by atoms with Crippen LogP contribution >= 0.6 is 0 Å². The fraction of sp³-hybridized carbons (Fsp3) is 0.182. The fourth-order valence-electron chi connectivity index (χ4n) is 4.24. The highest BCUT2D eigenvalue weighted by atomic mass is 19.4. The number of halogens is 3. The summed E-state index contributed by atoms with van der Waals surface area (Å²) in [6.07, 6.45) is 1.91. The lowest BCUT2D eigenvalue weighted by molar-refractivity contribution is -0.136. The van der Waals surface area contributed by atoms with Crippen LogP contribution in [0.1, 0.15) is 39.4 Å². The molecule has 0 fully saturated rings. The van der Waals surface area contributed by atoms with Gasteiger partial charge in [-0.05, 0) is 30.3 Å². The molecule has 1 amide bonds. The van der Waals surface area contributed by atoms with Gasteiger partial charge in [0.2, 0.25) is 5.89 Å². The molecule has 6 heterocycles. The van der Waals surface area contributed by atoms with Crippen molar-refractivity contribution in [2.24, 2.45) is 0 Å². The van der Waals surface area contributed by atoms with Crippen LogP contribution in [0.25, 0.3) is 17.0 Å². The van der Waals surface area contributed by atoms with E-state index in [1.54, 1.807) is 18.3 Å². The van der Waals surface area contributed by atoms with Gasteiger partial charge in [-0.15, -0.1) is 10.2 Å². The van der Waals surface area contributed by atoms with Gasteiger partial charge in [-0.2, -0.15) is 18.3 Å². The molecule has 0 aliphatic carbocycles. The van der Waals surface area contributed by atoms with Gasteiger partial charge in [0.05, 0.1) is 34.4 Å². The number of H-pyrrole nitrogens is 1. The van der Waals surface area contributed by atoms with Crippen molar-refractivity contribution in [3.63, 3.8) is 0 Å². The molecule has 5 aromatic heterocycles. The normalized spacial score (nSPS) is 16.0. The van der Waals surface area contributed by atoms with Gasteiger partial charge < -0.3 is 14.3 Å². The van der Waals surface area contributed by atoms with Gasteiger partial charge in [-0.3, -0.25) is 9.78 Å². The van der Waals surface area contributed by atoms with Crippen LogP contribution in [-0.4, -0.2) is 52.1 Å². The Labute approximate surface area is 194 Å². The average molecular weight is 480 g/mol. The number of amides is 1. The van der Waals surface area contributed by atoms with E-state index in [4.69, 9.17) is 4.42 Å².